The number of nitrogens with one attached hydrogen (secondary N) is 2. The molecule has 1 saturated heterocycles. The summed E-state index contributed by atoms with van der Waals surface area (Å²) < 4.78 is 0.913. The molecule has 1 aliphatic rings. The molecule has 0 unspecified atom stereocenters. The van der Waals surface area contributed by atoms with Crippen molar-refractivity contribution in [3.05, 3.63) is 69.8 Å². The van der Waals surface area contributed by atoms with E-state index in [1.807, 2.05) is 43.3 Å². The van der Waals surface area contributed by atoms with Gasteiger partial charge in [0.1, 0.15) is 12.2 Å². The number of hydrogen-bond acceptors (Lipinski definition) is 3. The van der Waals surface area contributed by atoms with Crippen molar-refractivity contribution in [2.75, 3.05) is 11.9 Å². The second-order valence-electron chi connectivity index (χ2n) is 5.85. The van der Waals surface area contributed by atoms with E-state index in [0.717, 1.165) is 20.5 Å². The molecule has 4 amide bonds. The van der Waals surface area contributed by atoms with Gasteiger partial charge >= 0.3 is 6.03 Å². The van der Waals surface area contributed by atoms with E-state index in [2.05, 4.69) is 26.6 Å². The van der Waals surface area contributed by atoms with E-state index in [0.29, 0.717) is 5.69 Å². The Kier molecular flexibility index (Phi) is 5.18. The predicted molar refractivity (Wildman–Crippen MR) is 102 cm³/mol. The summed E-state index contributed by atoms with van der Waals surface area (Å²) in [6, 6.07) is 13.9. The molecule has 0 spiro atoms. The topological polar surface area (TPSA) is 78.5 Å². The minimum atomic E-state index is -0.614. The summed E-state index contributed by atoms with van der Waals surface area (Å²) in [5.41, 5.74) is 2.58. The van der Waals surface area contributed by atoms with Gasteiger partial charge in [-0.25, -0.2) is 9.69 Å². The second-order valence-corrected chi connectivity index (χ2v) is 6.76. The van der Waals surface area contributed by atoms with Crippen molar-refractivity contribution in [1.29, 1.82) is 0 Å². The van der Waals surface area contributed by atoms with Crippen LogP contribution in [0, 0.1) is 6.92 Å². The van der Waals surface area contributed by atoms with Gasteiger partial charge in [0.15, 0.2) is 0 Å². The highest BCUT2D eigenvalue weighted by Crippen LogP contribution is 2.17. The maximum Gasteiger partial charge on any atom is 0.329 e. The molecule has 0 bridgehead atoms. The lowest BCUT2D eigenvalue weighted by Crippen LogP contribution is -2.38. The molecule has 2 aromatic carbocycles. The minimum absolute atomic E-state index is 0.139. The van der Waals surface area contributed by atoms with Gasteiger partial charge < -0.3 is 10.6 Å². The summed E-state index contributed by atoms with van der Waals surface area (Å²) >= 11 is 3.34. The first-order chi connectivity index (χ1) is 12.4. The summed E-state index contributed by atoms with van der Waals surface area (Å²) in [5.74, 6) is -0.973. The summed E-state index contributed by atoms with van der Waals surface area (Å²) in [6.07, 6.45) is 1.57. The van der Waals surface area contributed by atoms with Crippen molar-refractivity contribution < 1.29 is 14.4 Å². The fourth-order valence-electron chi connectivity index (χ4n) is 2.42. The molecule has 0 saturated carbocycles. The molecule has 1 aliphatic heterocycles. The molecule has 26 heavy (non-hydrogen) atoms. The Morgan fingerprint density at radius 1 is 1.12 bits per heavy atom. The lowest BCUT2D eigenvalue weighted by molar-refractivity contribution is -0.127. The van der Waals surface area contributed by atoms with Gasteiger partial charge in [0.25, 0.3) is 5.91 Å². The van der Waals surface area contributed by atoms with E-state index in [1.54, 1.807) is 18.2 Å². The maximum atomic E-state index is 12.4. The van der Waals surface area contributed by atoms with E-state index >= 15 is 0 Å². The average molecular weight is 414 g/mol. The van der Waals surface area contributed by atoms with Crippen LogP contribution in [0.3, 0.4) is 0 Å². The zero-order chi connectivity index (χ0) is 18.7. The van der Waals surface area contributed by atoms with Gasteiger partial charge in [-0.3, -0.25) is 9.59 Å². The van der Waals surface area contributed by atoms with Crippen LogP contribution in [-0.4, -0.2) is 29.3 Å². The van der Waals surface area contributed by atoms with Crippen molar-refractivity contribution in [2.45, 2.75) is 6.92 Å². The highest BCUT2D eigenvalue weighted by molar-refractivity contribution is 9.10. The third-order valence-corrected chi connectivity index (χ3v) is 4.31. The van der Waals surface area contributed by atoms with Crippen molar-refractivity contribution in [3.8, 4) is 0 Å². The summed E-state index contributed by atoms with van der Waals surface area (Å²) in [7, 11) is 0. The van der Waals surface area contributed by atoms with Crippen molar-refractivity contribution >= 4 is 45.5 Å². The van der Waals surface area contributed by atoms with Gasteiger partial charge in [-0.15, -0.1) is 0 Å². The van der Waals surface area contributed by atoms with Crippen LogP contribution in [0.1, 0.15) is 11.1 Å². The van der Waals surface area contributed by atoms with E-state index in [1.165, 1.54) is 0 Å². The van der Waals surface area contributed by atoms with Gasteiger partial charge in [-0.05, 0) is 42.8 Å². The highest BCUT2D eigenvalue weighted by Gasteiger charge is 2.34. The second kappa shape index (κ2) is 7.53. The van der Waals surface area contributed by atoms with Crippen LogP contribution in [-0.2, 0) is 9.59 Å². The number of amides is 4. The van der Waals surface area contributed by atoms with Crippen LogP contribution < -0.4 is 10.6 Å². The molecule has 1 fully saturated rings. The lowest BCUT2D eigenvalue weighted by atomic mass is 10.2. The van der Waals surface area contributed by atoms with Gasteiger partial charge in [0.05, 0.1) is 0 Å². The smallest absolute Gasteiger partial charge is 0.325 e. The molecule has 0 aromatic heterocycles. The molecular weight excluding hydrogens is 398 g/mol. The summed E-state index contributed by atoms with van der Waals surface area (Å²) in [5, 5.41) is 5.17. The molecule has 132 valence electrons. The van der Waals surface area contributed by atoms with Gasteiger partial charge in [-0.1, -0.05) is 45.8 Å². The number of carbonyl (C=O) groups excluding carboxylic acids is 3. The van der Waals surface area contributed by atoms with Gasteiger partial charge in [0, 0.05) is 10.2 Å². The Morgan fingerprint density at radius 2 is 1.77 bits per heavy atom. The summed E-state index contributed by atoms with van der Waals surface area (Å²) in [4.78, 5) is 37.5. The van der Waals surface area contributed by atoms with Crippen molar-refractivity contribution in [2.24, 2.45) is 0 Å². The number of carbonyl (C=O) groups is 3. The first-order valence-electron chi connectivity index (χ1n) is 7.89. The molecule has 3 rings (SSSR count). The third kappa shape index (κ3) is 4.18. The standard InChI is InChI=1S/C19H16BrN3O3/c1-12-2-8-15(9-3-12)21-17(24)11-23-18(25)16(22-19(23)26)10-13-4-6-14(20)7-5-13/h2-10H,11H2,1H3,(H,21,24)(H,22,26)/b16-10+. The Labute approximate surface area is 159 Å². The third-order valence-electron chi connectivity index (χ3n) is 3.78. The van der Waals surface area contributed by atoms with Crippen LogP contribution >= 0.6 is 15.9 Å². The van der Waals surface area contributed by atoms with Crippen LogP contribution in [0.15, 0.2) is 58.7 Å². The van der Waals surface area contributed by atoms with E-state index in [-0.39, 0.29) is 12.2 Å². The number of imide groups is 1. The number of nitrogens with zero attached hydrogens (tertiary/aromatic N) is 1. The monoisotopic (exact) mass is 413 g/mol. The van der Waals surface area contributed by atoms with E-state index in [4.69, 9.17) is 0 Å². The number of aryl methyl sites for hydroxylation is 1. The maximum absolute atomic E-state index is 12.4. The Bertz CT molecular complexity index is 889. The molecule has 0 radical (unpaired) electrons. The Balaban J connectivity index is 1.67. The Morgan fingerprint density at radius 3 is 2.42 bits per heavy atom. The first kappa shape index (κ1) is 17.9. The minimum Gasteiger partial charge on any atom is -0.325 e. The lowest BCUT2D eigenvalue weighted by Gasteiger charge is -2.12. The van der Waals surface area contributed by atoms with Gasteiger partial charge in [0.2, 0.25) is 5.91 Å². The number of urea groups is 1. The van der Waals surface area contributed by atoms with Gasteiger partial charge in [-0.2, -0.15) is 0 Å². The number of anilines is 1. The fraction of sp³-hybridized carbons (Fsp3) is 0.105. The number of halogens is 1. The molecule has 1 heterocycles. The van der Waals surface area contributed by atoms with Crippen molar-refractivity contribution in [3.63, 3.8) is 0 Å². The average Bonchev–Trinajstić information content (AvgIpc) is 2.86. The van der Waals surface area contributed by atoms with Crippen LogP contribution in [0.25, 0.3) is 6.08 Å². The number of benzene rings is 2. The number of hydrogen-bond donors (Lipinski definition) is 2. The Hall–Kier alpha value is -2.93. The first-order valence-corrected chi connectivity index (χ1v) is 8.68. The van der Waals surface area contributed by atoms with E-state index in [9.17, 15) is 14.4 Å². The molecule has 0 atom stereocenters. The normalized spacial score (nSPS) is 15.3. The molecule has 2 N–H and O–H groups in total. The molecule has 0 aliphatic carbocycles. The van der Waals surface area contributed by atoms with E-state index < -0.39 is 17.8 Å². The fourth-order valence-corrected chi connectivity index (χ4v) is 2.69. The zero-order valence-corrected chi connectivity index (χ0v) is 15.5. The van der Waals surface area contributed by atoms with Crippen LogP contribution in [0.2, 0.25) is 0 Å². The number of rotatable bonds is 4. The molecule has 7 heteroatoms. The van der Waals surface area contributed by atoms with Crippen LogP contribution in [0.5, 0.6) is 0 Å². The predicted octanol–water partition coefficient (Wildman–Crippen LogP) is 3.29. The SMILES string of the molecule is Cc1ccc(NC(=O)CN2C(=O)N/C(=C/c3ccc(Br)cc3)C2=O)cc1. The quantitative estimate of drug-likeness (QED) is 0.596. The summed E-state index contributed by atoms with van der Waals surface area (Å²) in [6.45, 7) is 1.59. The highest BCUT2D eigenvalue weighted by atomic mass is 79.9. The molecular formula is C19H16BrN3O3. The van der Waals surface area contributed by atoms with Crippen molar-refractivity contribution in [1.82, 2.24) is 10.2 Å². The largest absolute Gasteiger partial charge is 0.329 e. The zero-order valence-electron chi connectivity index (χ0n) is 14.0. The van der Waals surface area contributed by atoms with Crippen LogP contribution in [0.4, 0.5) is 10.5 Å². The molecule has 2 aromatic rings. The molecule has 6 nitrogen and oxygen atoms in total.